The van der Waals surface area contributed by atoms with Crippen molar-refractivity contribution < 1.29 is 4.79 Å². The molecule has 0 radical (unpaired) electrons. The molecule has 0 bridgehead atoms. The summed E-state index contributed by atoms with van der Waals surface area (Å²) in [6, 6.07) is 17.3. The lowest BCUT2D eigenvalue weighted by Crippen LogP contribution is -2.32. The zero-order chi connectivity index (χ0) is 17.1. The molecule has 4 rings (SSSR count). The van der Waals surface area contributed by atoms with E-state index in [9.17, 15) is 4.79 Å². The summed E-state index contributed by atoms with van der Waals surface area (Å²) in [6.07, 6.45) is 6.50. The van der Waals surface area contributed by atoms with Crippen molar-refractivity contribution in [3.05, 3.63) is 65.2 Å². The van der Waals surface area contributed by atoms with Gasteiger partial charge in [-0.1, -0.05) is 36.4 Å². The molecule has 1 atom stereocenters. The number of aryl methyl sites for hydroxylation is 2. The maximum Gasteiger partial charge on any atom is 0.227 e. The van der Waals surface area contributed by atoms with Crippen LogP contribution in [0.3, 0.4) is 0 Å². The van der Waals surface area contributed by atoms with Gasteiger partial charge in [0, 0.05) is 24.8 Å². The van der Waals surface area contributed by atoms with Crippen LogP contribution in [-0.2, 0) is 24.1 Å². The Labute approximate surface area is 150 Å². The molecule has 130 valence electrons. The normalized spacial score (nSPS) is 19.5. The van der Waals surface area contributed by atoms with Crippen LogP contribution in [0.5, 0.6) is 0 Å². The lowest BCUT2D eigenvalue weighted by molar-refractivity contribution is -0.129. The van der Waals surface area contributed by atoms with E-state index in [4.69, 9.17) is 0 Å². The molecule has 1 heterocycles. The highest BCUT2D eigenvalue weighted by Gasteiger charge is 2.26. The van der Waals surface area contributed by atoms with E-state index in [0.717, 1.165) is 25.2 Å². The summed E-state index contributed by atoms with van der Waals surface area (Å²) in [7, 11) is 0. The first kappa shape index (κ1) is 16.2. The highest BCUT2D eigenvalue weighted by molar-refractivity contribution is 5.79. The van der Waals surface area contributed by atoms with E-state index >= 15 is 0 Å². The summed E-state index contributed by atoms with van der Waals surface area (Å²) in [6.45, 7) is 1.66. The van der Waals surface area contributed by atoms with Crippen LogP contribution in [0.25, 0.3) is 0 Å². The molecule has 2 aromatic carbocycles. The van der Waals surface area contributed by atoms with Gasteiger partial charge in [0.15, 0.2) is 0 Å². The van der Waals surface area contributed by atoms with Crippen LogP contribution in [0.2, 0.25) is 0 Å². The summed E-state index contributed by atoms with van der Waals surface area (Å²) in [5, 5.41) is 3.54. The van der Waals surface area contributed by atoms with Crippen molar-refractivity contribution in [1.82, 2.24) is 4.90 Å². The molecule has 2 aliphatic rings. The minimum absolute atomic E-state index is 0.258. The number of fused-ring (bicyclic) bond motifs is 1. The number of amides is 1. The van der Waals surface area contributed by atoms with Crippen molar-refractivity contribution in [2.45, 2.75) is 44.6 Å². The van der Waals surface area contributed by atoms with Gasteiger partial charge in [-0.2, -0.15) is 0 Å². The molecular formula is C22H26N2O. The van der Waals surface area contributed by atoms with Crippen molar-refractivity contribution >= 4 is 11.6 Å². The van der Waals surface area contributed by atoms with Crippen LogP contribution < -0.4 is 5.32 Å². The highest BCUT2D eigenvalue weighted by Crippen LogP contribution is 2.23. The molecule has 1 aliphatic heterocycles. The van der Waals surface area contributed by atoms with Gasteiger partial charge in [0.25, 0.3) is 0 Å². The van der Waals surface area contributed by atoms with Crippen LogP contribution in [0.1, 0.15) is 36.0 Å². The number of hydrogen-bond acceptors (Lipinski definition) is 2. The fraction of sp³-hybridized carbons (Fsp3) is 0.409. The molecule has 25 heavy (non-hydrogen) atoms. The van der Waals surface area contributed by atoms with Gasteiger partial charge in [0.2, 0.25) is 5.91 Å². The largest absolute Gasteiger partial charge is 0.380 e. The second kappa shape index (κ2) is 7.30. The Balaban J connectivity index is 1.34. The molecule has 0 saturated carbocycles. The molecular weight excluding hydrogens is 308 g/mol. The molecule has 1 amide bonds. The summed E-state index contributed by atoms with van der Waals surface area (Å²) in [5.41, 5.74) is 5.25. The molecule has 1 aliphatic carbocycles. The molecule has 1 saturated heterocycles. The summed E-state index contributed by atoms with van der Waals surface area (Å²) >= 11 is 0. The van der Waals surface area contributed by atoms with Gasteiger partial charge >= 0.3 is 0 Å². The van der Waals surface area contributed by atoms with Gasteiger partial charge in [0.05, 0.1) is 6.42 Å². The second-order valence-corrected chi connectivity index (χ2v) is 7.32. The molecule has 0 aromatic heterocycles. The van der Waals surface area contributed by atoms with E-state index in [1.54, 1.807) is 0 Å². The van der Waals surface area contributed by atoms with Gasteiger partial charge in [-0.3, -0.25) is 4.79 Å². The maximum absolute atomic E-state index is 12.7. The van der Waals surface area contributed by atoms with Crippen molar-refractivity contribution in [1.29, 1.82) is 0 Å². The van der Waals surface area contributed by atoms with Gasteiger partial charge in [0.1, 0.15) is 0 Å². The molecule has 0 spiro atoms. The topological polar surface area (TPSA) is 32.3 Å². The Bertz CT molecular complexity index is 741. The Kier molecular flexibility index (Phi) is 4.73. The number of carbonyl (C=O) groups is 1. The Morgan fingerprint density at radius 3 is 2.68 bits per heavy atom. The zero-order valence-corrected chi connectivity index (χ0v) is 14.7. The fourth-order valence-corrected chi connectivity index (χ4v) is 4.06. The number of nitrogens with one attached hydrogen (secondary N) is 1. The number of carbonyl (C=O) groups excluding carboxylic acids is 1. The van der Waals surface area contributed by atoms with Gasteiger partial charge < -0.3 is 10.2 Å². The van der Waals surface area contributed by atoms with E-state index in [0.29, 0.717) is 12.5 Å². The molecule has 3 nitrogen and oxygen atoms in total. The van der Waals surface area contributed by atoms with Crippen LogP contribution in [0.4, 0.5) is 5.69 Å². The first-order valence-electron chi connectivity index (χ1n) is 9.48. The summed E-state index contributed by atoms with van der Waals surface area (Å²) in [4.78, 5) is 14.7. The lowest BCUT2D eigenvalue weighted by atomic mass is 9.90. The number of likely N-dealkylation sites (tertiary alicyclic amines) is 1. The summed E-state index contributed by atoms with van der Waals surface area (Å²) in [5.74, 6) is 0.258. The Hall–Kier alpha value is -2.29. The fourth-order valence-electron chi connectivity index (χ4n) is 4.06. The van der Waals surface area contributed by atoms with E-state index < -0.39 is 0 Å². The number of nitrogens with zero attached hydrogens (tertiary/aromatic N) is 1. The average molecular weight is 334 g/mol. The predicted molar refractivity (Wildman–Crippen MR) is 102 cm³/mol. The van der Waals surface area contributed by atoms with E-state index in [1.165, 1.54) is 42.4 Å². The number of benzene rings is 2. The highest BCUT2D eigenvalue weighted by atomic mass is 16.2. The number of para-hydroxylation sites is 1. The van der Waals surface area contributed by atoms with Crippen molar-refractivity contribution in [3.63, 3.8) is 0 Å². The minimum atomic E-state index is 0.258. The van der Waals surface area contributed by atoms with E-state index in [-0.39, 0.29) is 5.91 Å². The minimum Gasteiger partial charge on any atom is -0.380 e. The molecule has 2 aromatic rings. The number of rotatable bonds is 4. The third-order valence-electron chi connectivity index (χ3n) is 5.45. The summed E-state index contributed by atoms with van der Waals surface area (Å²) < 4.78 is 0. The first-order chi connectivity index (χ1) is 12.3. The second-order valence-electron chi connectivity index (χ2n) is 7.32. The van der Waals surface area contributed by atoms with Crippen molar-refractivity contribution in [2.24, 2.45) is 0 Å². The van der Waals surface area contributed by atoms with Gasteiger partial charge in [-0.15, -0.1) is 0 Å². The van der Waals surface area contributed by atoms with Crippen LogP contribution in [-0.4, -0.2) is 29.9 Å². The predicted octanol–water partition coefficient (Wildman–Crippen LogP) is 3.82. The SMILES string of the molecule is O=C(Cc1ccc2c(c1)CCCC2)N1CCC(Nc2ccccc2)C1. The number of hydrogen-bond donors (Lipinski definition) is 1. The third-order valence-corrected chi connectivity index (χ3v) is 5.45. The molecule has 1 fully saturated rings. The van der Waals surface area contributed by atoms with Crippen LogP contribution in [0.15, 0.2) is 48.5 Å². The Morgan fingerprint density at radius 1 is 1.04 bits per heavy atom. The molecule has 1 unspecified atom stereocenters. The lowest BCUT2D eigenvalue weighted by Gasteiger charge is -2.19. The van der Waals surface area contributed by atoms with Gasteiger partial charge in [-0.25, -0.2) is 0 Å². The first-order valence-corrected chi connectivity index (χ1v) is 9.48. The van der Waals surface area contributed by atoms with E-state index in [2.05, 4.69) is 35.6 Å². The van der Waals surface area contributed by atoms with Crippen LogP contribution in [0, 0.1) is 0 Å². The molecule has 1 N–H and O–H groups in total. The molecule has 3 heteroatoms. The standard InChI is InChI=1S/C22H26N2O/c25-22(15-17-10-11-18-6-4-5-7-19(18)14-17)24-13-12-21(16-24)23-20-8-2-1-3-9-20/h1-3,8-11,14,21,23H,4-7,12-13,15-16H2. The average Bonchev–Trinajstić information content (AvgIpc) is 3.11. The Morgan fingerprint density at radius 2 is 1.84 bits per heavy atom. The third kappa shape index (κ3) is 3.87. The monoisotopic (exact) mass is 334 g/mol. The number of anilines is 1. The van der Waals surface area contributed by atoms with Crippen molar-refractivity contribution in [3.8, 4) is 0 Å². The van der Waals surface area contributed by atoms with Crippen molar-refractivity contribution in [2.75, 3.05) is 18.4 Å². The maximum atomic E-state index is 12.7. The van der Waals surface area contributed by atoms with Gasteiger partial charge in [-0.05, 0) is 60.9 Å². The quantitative estimate of drug-likeness (QED) is 0.922. The smallest absolute Gasteiger partial charge is 0.227 e. The van der Waals surface area contributed by atoms with Crippen LogP contribution >= 0.6 is 0 Å². The van der Waals surface area contributed by atoms with E-state index in [1.807, 2.05) is 23.1 Å². The zero-order valence-electron chi connectivity index (χ0n) is 14.7.